The predicted octanol–water partition coefficient (Wildman–Crippen LogP) is 5.83. The maximum absolute atomic E-state index is 12.2. The minimum absolute atomic E-state index is 0.0554. The van der Waals surface area contributed by atoms with Gasteiger partial charge in [0.25, 0.3) is 11.1 Å². The molecular weight excluding hydrogens is 438 g/mol. The molecule has 4 aromatic rings. The van der Waals surface area contributed by atoms with Gasteiger partial charge in [0.2, 0.25) is 5.91 Å². The molecule has 0 saturated carbocycles. The summed E-state index contributed by atoms with van der Waals surface area (Å²) < 4.78 is 6.79. The minimum atomic E-state index is -0.0554. The van der Waals surface area contributed by atoms with Crippen molar-refractivity contribution in [2.45, 2.75) is 31.0 Å². The first-order valence-corrected chi connectivity index (χ1v) is 11.7. The van der Waals surface area contributed by atoms with Gasteiger partial charge in [0.15, 0.2) is 0 Å². The van der Waals surface area contributed by atoms with E-state index in [4.69, 9.17) is 16.0 Å². The Hall–Kier alpha value is -2.35. The fourth-order valence-electron chi connectivity index (χ4n) is 3.06. The van der Waals surface area contributed by atoms with Gasteiger partial charge in [0.1, 0.15) is 4.88 Å². The zero-order valence-corrected chi connectivity index (χ0v) is 18.7. The van der Waals surface area contributed by atoms with Crippen LogP contribution in [0.15, 0.2) is 64.2 Å². The summed E-state index contributed by atoms with van der Waals surface area (Å²) in [6.07, 6.45) is 1.81. The second-order valence-corrected chi connectivity index (χ2v) is 9.25. The molecule has 0 spiro atoms. The molecule has 8 heteroatoms. The highest BCUT2D eigenvalue weighted by molar-refractivity contribution is 7.99. The molecule has 1 amide bonds. The van der Waals surface area contributed by atoms with Crippen LogP contribution in [0.4, 0.5) is 0 Å². The van der Waals surface area contributed by atoms with Crippen molar-refractivity contribution in [3.05, 3.63) is 65.2 Å². The molecule has 0 aliphatic rings. The molecule has 154 valence electrons. The quantitative estimate of drug-likeness (QED) is 0.337. The number of carbonyl (C=O) groups is 1. The second-order valence-electron chi connectivity index (χ2n) is 6.90. The lowest BCUT2D eigenvalue weighted by molar-refractivity contribution is -0.119. The maximum atomic E-state index is 12.2. The van der Waals surface area contributed by atoms with Crippen molar-refractivity contribution in [3.8, 4) is 10.8 Å². The van der Waals surface area contributed by atoms with Gasteiger partial charge in [-0.15, -0.1) is 21.5 Å². The molecule has 0 saturated heterocycles. The summed E-state index contributed by atoms with van der Waals surface area (Å²) in [7, 11) is 0. The predicted molar refractivity (Wildman–Crippen MR) is 123 cm³/mol. The molecule has 1 atom stereocenters. The van der Waals surface area contributed by atoms with Gasteiger partial charge in [-0.1, -0.05) is 71.9 Å². The third-order valence-electron chi connectivity index (χ3n) is 4.58. The van der Waals surface area contributed by atoms with Gasteiger partial charge in [-0.25, -0.2) is 0 Å². The van der Waals surface area contributed by atoms with Crippen molar-refractivity contribution < 1.29 is 9.21 Å². The Labute approximate surface area is 187 Å². The summed E-state index contributed by atoms with van der Waals surface area (Å²) in [5, 5.41) is 13.1. The molecule has 2 aromatic carbocycles. The number of nitrogens with one attached hydrogen (secondary N) is 1. The standard InChI is InChI=1S/C22H20ClN3O2S2/c1-14(11-12-15-7-3-2-4-8-15)24-18(27)13-29-22-26-25-21(28-22)20-19(23)16-9-5-6-10-17(16)30-20/h2-10,14H,11-13H2,1H3,(H,24,27)/t14-/m1/s1. The number of benzene rings is 2. The lowest BCUT2D eigenvalue weighted by atomic mass is 10.1. The maximum Gasteiger partial charge on any atom is 0.277 e. The van der Waals surface area contributed by atoms with Gasteiger partial charge < -0.3 is 9.73 Å². The summed E-state index contributed by atoms with van der Waals surface area (Å²) in [6.45, 7) is 2.01. The monoisotopic (exact) mass is 457 g/mol. The van der Waals surface area contributed by atoms with E-state index < -0.39 is 0 Å². The molecule has 30 heavy (non-hydrogen) atoms. The average Bonchev–Trinajstić information content (AvgIpc) is 3.36. The number of halogens is 1. The molecule has 2 heterocycles. The number of hydrogen-bond acceptors (Lipinski definition) is 6. The SMILES string of the molecule is C[C@H](CCc1ccccc1)NC(=O)CSc1nnc(-c2sc3ccccc3c2Cl)o1. The molecule has 0 aliphatic heterocycles. The highest BCUT2D eigenvalue weighted by Gasteiger charge is 2.18. The largest absolute Gasteiger partial charge is 0.410 e. The molecule has 2 aromatic heterocycles. The Balaban J connectivity index is 1.29. The van der Waals surface area contributed by atoms with Crippen molar-refractivity contribution in [3.63, 3.8) is 0 Å². The van der Waals surface area contributed by atoms with Gasteiger partial charge in [-0.3, -0.25) is 4.79 Å². The van der Waals surface area contributed by atoms with E-state index in [1.54, 1.807) is 0 Å². The summed E-state index contributed by atoms with van der Waals surface area (Å²) in [5.41, 5.74) is 1.27. The number of amides is 1. The van der Waals surface area contributed by atoms with Crippen molar-refractivity contribution in [1.82, 2.24) is 15.5 Å². The number of thioether (sulfide) groups is 1. The van der Waals surface area contributed by atoms with E-state index in [0.29, 0.717) is 16.1 Å². The topological polar surface area (TPSA) is 68.0 Å². The highest BCUT2D eigenvalue weighted by atomic mass is 35.5. The van der Waals surface area contributed by atoms with Gasteiger partial charge in [0, 0.05) is 16.1 Å². The molecule has 1 N–H and O–H groups in total. The van der Waals surface area contributed by atoms with Crippen LogP contribution in [0.1, 0.15) is 18.9 Å². The van der Waals surface area contributed by atoms with Crippen LogP contribution in [-0.2, 0) is 11.2 Å². The number of aromatic nitrogens is 2. The normalized spacial score (nSPS) is 12.2. The fraction of sp³-hybridized carbons (Fsp3) is 0.227. The van der Waals surface area contributed by atoms with Crippen molar-refractivity contribution >= 4 is 50.7 Å². The first-order chi connectivity index (χ1) is 14.6. The van der Waals surface area contributed by atoms with Crippen LogP contribution in [-0.4, -0.2) is 27.9 Å². The van der Waals surface area contributed by atoms with E-state index in [2.05, 4.69) is 27.6 Å². The van der Waals surface area contributed by atoms with Gasteiger partial charge in [0.05, 0.1) is 10.8 Å². The molecule has 4 rings (SSSR count). The Morgan fingerprint density at radius 1 is 1.17 bits per heavy atom. The third-order valence-corrected chi connectivity index (χ3v) is 7.06. The zero-order valence-electron chi connectivity index (χ0n) is 16.3. The van der Waals surface area contributed by atoms with Gasteiger partial charge >= 0.3 is 0 Å². The molecule has 0 bridgehead atoms. The summed E-state index contributed by atoms with van der Waals surface area (Å²) >= 11 is 9.20. The molecule has 0 unspecified atom stereocenters. The van der Waals surface area contributed by atoms with E-state index >= 15 is 0 Å². The number of carbonyl (C=O) groups excluding carboxylic acids is 1. The summed E-state index contributed by atoms with van der Waals surface area (Å²) in [6, 6.07) is 18.2. The number of nitrogens with zero attached hydrogens (tertiary/aromatic N) is 2. The number of thiophene rings is 1. The molecular formula is C22H20ClN3O2S2. The van der Waals surface area contributed by atoms with E-state index in [9.17, 15) is 4.79 Å². The highest BCUT2D eigenvalue weighted by Crippen LogP contribution is 2.41. The number of rotatable bonds is 8. The molecule has 5 nitrogen and oxygen atoms in total. The van der Waals surface area contributed by atoms with Gasteiger partial charge in [-0.05, 0) is 31.4 Å². The lowest BCUT2D eigenvalue weighted by Gasteiger charge is -2.13. The van der Waals surface area contributed by atoms with Crippen LogP contribution < -0.4 is 5.32 Å². The second kappa shape index (κ2) is 9.64. The number of hydrogen-bond donors (Lipinski definition) is 1. The first-order valence-electron chi connectivity index (χ1n) is 9.57. The van der Waals surface area contributed by atoms with E-state index in [0.717, 1.165) is 27.8 Å². The Kier molecular flexibility index (Phi) is 6.72. The van der Waals surface area contributed by atoms with Crippen LogP contribution in [0, 0.1) is 0 Å². The minimum Gasteiger partial charge on any atom is -0.410 e. The van der Waals surface area contributed by atoms with Crippen molar-refractivity contribution in [2.24, 2.45) is 0 Å². The van der Waals surface area contributed by atoms with Crippen molar-refractivity contribution in [1.29, 1.82) is 0 Å². The summed E-state index contributed by atoms with van der Waals surface area (Å²) in [4.78, 5) is 13.0. The van der Waals surface area contributed by atoms with Crippen LogP contribution in [0.2, 0.25) is 5.02 Å². The summed E-state index contributed by atoms with van der Waals surface area (Å²) in [5.74, 6) is 0.540. The van der Waals surface area contributed by atoms with Crippen LogP contribution in [0.5, 0.6) is 0 Å². The number of fused-ring (bicyclic) bond motifs is 1. The van der Waals surface area contributed by atoms with Gasteiger partial charge in [-0.2, -0.15) is 0 Å². The van der Waals surface area contributed by atoms with E-state index in [-0.39, 0.29) is 17.7 Å². The van der Waals surface area contributed by atoms with Crippen LogP contribution in [0.3, 0.4) is 0 Å². The van der Waals surface area contributed by atoms with Crippen LogP contribution >= 0.6 is 34.7 Å². The Morgan fingerprint density at radius 3 is 2.73 bits per heavy atom. The molecule has 0 radical (unpaired) electrons. The fourth-order valence-corrected chi connectivity index (χ4v) is 5.06. The molecule has 0 fully saturated rings. The molecule has 0 aliphatic carbocycles. The lowest BCUT2D eigenvalue weighted by Crippen LogP contribution is -2.34. The van der Waals surface area contributed by atoms with E-state index in [1.165, 1.54) is 28.7 Å². The van der Waals surface area contributed by atoms with E-state index in [1.807, 2.05) is 49.4 Å². The number of aryl methyl sites for hydroxylation is 1. The zero-order chi connectivity index (χ0) is 20.9. The Bertz CT molecular complexity index is 1140. The average molecular weight is 458 g/mol. The third kappa shape index (κ3) is 5.03. The van der Waals surface area contributed by atoms with Crippen molar-refractivity contribution in [2.75, 3.05) is 5.75 Å². The van der Waals surface area contributed by atoms with Crippen LogP contribution in [0.25, 0.3) is 20.9 Å². The smallest absolute Gasteiger partial charge is 0.277 e. The Morgan fingerprint density at radius 2 is 1.93 bits per heavy atom. The first kappa shape index (κ1) is 20.9.